The average Bonchev–Trinajstić information content (AvgIpc) is 3.27. The Hall–Kier alpha value is -0.970. The molecule has 1 aromatic heterocycles. The summed E-state index contributed by atoms with van der Waals surface area (Å²) in [6.45, 7) is 8.77. The van der Waals surface area contributed by atoms with E-state index in [0.717, 1.165) is 19.0 Å². The van der Waals surface area contributed by atoms with Gasteiger partial charge in [-0.3, -0.25) is 9.88 Å². The standard InChI is InChI=1S/C16H26N4/c1-13-4-5-18-11-15(13)16(10-17)20-8-6-19(7-9-20)12-14-2-3-14/h4-5,11,14,16H,2-3,6-10,12,17H2,1H3. The largest absolute Gasteiger partial charge is 0.329 e. The fourth-order valence-corrected chi connectivity index (χ4v) is 3.22. The molecule has 0 aromatic carbocycles. The maximum atomic E-state index is 6.05. The van der Waals surface area contributed by atoms with Gasteiger partial charge < -0.3 is 10.6 Å². The van der Waals surface area contributed by atoms with E-state index in [2.05, 4.69) is 27.8 Å². The molecule has 2 N–H and O–H groups in total. The molecule has 20 heavy (non-hydrogen) atoms. The molecule has 4 heteroatoms. The first kappa shape index (κ1) is 14.0. The lowest BCUT2D eigenvalue weighted by atomic mass is 10.0. The molecule has 2 heterocycles. The van der Waals surface area contributed by atoms with Gasteiger partial charge in [0.05, 0.1) is 0 Å². The Morgan fingerprint density at radius 2 is 2.05 bits per heavy atom. The predicted octanol–water partition coefficient (Wildman–Crippen LogP) is 1.42. The third-order valence-corrected chi connectivity index (χ3v) is 4.72. The minimum atomic E-state index is 0.326. The first-order valence-corrected chi connectivity index (χ1v) is 7.85. The first-order chi connectivity index (χ1) is 9.78. The summed E-state index contributed by atoms with van der Waals surface area (Å²) >= 11 is 0. The van der Waals surface area contributed by atoms with Gasteiger partial charge in [0, 0.05) is 57.7 Å². The molecule has 1 atom stereocenters. The molecule has 0 radical (unpaired) electrons. The van der Waals surface area contributed by atoms with E-state index in [4.69, 9.17) is 5.73 Å². The Kier molecular flexibility index (Phi) is 4.34. The molecule has 1 unspecified atom stereocenters. The molecule has 110 valence electrons. The zero-order chi connectivity index (χ0) is 13.9. The quantitative estimate of drug-likeness (QED) is 0.882. The van der Waals surface area contributed by atoms with Crippen LogP contribution in [0.2, 0.25) is 0 Å². The normalized spacial score (nSPS) is 22.9. The Labute approximate surface area is 122 Å². The molecule has 2 aliphatic rings. The Balaban J connectivity index is 1.61. The summed E-state index contributed by atoms with van der Waals surface area (Å²) in [5.74, 6) is 0.993. The van der Waals surface area contributed by atoms with Crippen LogP contribution in [0.5, 0.6) is 0 Å². The van der Waals surface area contributed by atoms with Crippen molar-refractivity contribution in [3.8, 4) is 0 Å². The van der Waals surface area contributed by atoms with Crippen LogP contribution in [0.3, 0.4) is 0 Å². The number of hydrogen-bond acceptors (Lipinski definition) is 4. The van der Waals surface area contributed by atoms with Gasteiger partial charge >= 0.3 is 0 Å². The highest BCUT2D eigenvalue weighted by atomic mass is 15.3. The van der Waals surface area contributed by atoms with Crippen LogP contribution in [0.1, 0.15) is 30.0 Å². The van der Waals surface area contributed by atoms with Crippen molar-refractivity contribution in [2.24, 2.45) is 11.7 Å². The summed E-state index contributed by atoms with van der Waals surface area (Å²) in [5, 5.41) is 0. The lowest BCUT2D eigenvalue weighted by molar-refractivity contribution is 0.0952. The monoisotopic (exact) mass is 274 g/mol. The van der Waals surface area contributed by atoms with E-state index in [1.807, 2.05) is 12.4 Å². The molecule has 1 aliphatic heterocycles. The summed E-state index contributed by atoms with van der Waals surface area (Å²) in [7, 11) is 0. The van der Waals surface area contributed by atoms with E-state index in [9.17, 15) is 0 Å². The number of pyridine rings is 1. The highest BCUT2D eigenvalue weighted by Gasteiger charge is 2.29. The lowest BCUT2D eigenvalue weighted by Gasteiger charge is -2.39. The summed E-state index contributed by atoms with van der Waals surface area (Å²) in [5.41, 5.74) is 8.65. The molecule has 2 fully saturated rings. The van der Waals surface area contributed by atoms with Crippen molar-refractivity contribution in [1.82, 2.24) is 14.8 Å². The van der Waals surface area contributed by atoms with E-state index >= 15 is 0 Å². The molecular weight excluding hydrogens is 248 g/mol. The molecule has 1 aromatic rings. The third kappa shape index (κ3) is 3.19. The second kappa shape index (κ2) is 6.20. The van der Waals surface area contributed by atoms with Gasteiger partial charge in [-0.1, -0.05) is 0 Å². The fourth-order valence-electron chi connectivity index (χ4n) is 3.22. The van der Waals surface area contributed by atoms with E-state index in [1.165, 1.54) is 43.6 Å². The summed E-state index contributed by atoms with van der Waals surface area (Å²) < 4.78 is 0. The Morgan fingerprint density at radius 3 is 2.65 bits per heavy atom. The zero-order valence-electron chi connectivity index (χ0n) is 12.5. The second-order valence-electron chi connectivity index (χ2n) is 6.26. The molecule has 1 saturated heterocycles. The first-order valence-electron chi connectivity index (χ1n) is 7.85. The number of aromatic nitrogens is 1. The molecular formula is C16H26N4. The van der Waals surface area contributed by atoms with Crippen molar-refractivity contribution in [1.29, 1.82) is 0 Å². The van der Waals surface area contributed by atoms with Crippen LogP contribution >= 0.6 is 0 Å². The van der Waals surface area contributed by atoms with Gasteiger partial charge in [-0.2, -0.15) is 0 Å². The van der Waals surface area contributed by atoms with E-state index < -0.39 is 0 Å². The molecule has 0 amide bonds. The van der Waals surface area contributed by atoms with Crippen molar-refractivity contribution >= 4 is 0 Å². The number of nitrogens with two attached hydrogens (primary N) is 1. The fraction of sp³-hybridized carbons (Fsp3) is 0.688. The Morgan fingerprint density at radius 1 is 1.30 bits per heavy atom. The van der Waals surface area contributed by atoms with Crippen molar-refractivity contribution in [2.45, 2.75) is 25.8 Å². The number of nitrogens with zero attached hydrogens (tertiary/aromatic N) is 3. The van der Waals surface area contributed by atoms with Crippen molar-refractivity contribution < 1.29 is 0 Å². The molecule has 1 aliphatic carbocycles. The van der Waals surface area contributed by atoms with Gasteiger partial charge in [-0.15, -0.1) is 0 Å². The van der Waals surface area contributed by atoms with Crippen LogP contribution in [-0.2, 0) is 0 Å². The lowest BCUT2D eigenvalue weighted by Crippen LogP contribution is -2.49. The maximum Gasteiger partial charge on any atom is 0.0489 e. The number of piperazine rings is 1. The topological polar surface area (TPSA) is 45.4 Å². The van der Waals surface area contributed by atoms with Crippen LogP contribution in [0, 0.1) is 12.8 Å². The van der Waals surface area contributed by atoms with Crippen molar-refractivity contribution in [3.63, 3.8) is 0 Å². The SMILES string of the molecule is Cc1ccncc1C(CN)N1CCN(CC2CC2)CC1. The van der Waals surface area contributed by atoms with E-state index in [1.54, 1.807) is 0 Å². The van der Waals surface area contributed by atoms with E-state index in [-0.39, 0.29) is 0 Å². The van der Waals surface area contributed by atoms with Crippen LogP contribution < -0.4 is 5.73 Å². The molecule has 0 spiro atoms. The van der Waals surface area contributed by atoms with Crippen LogP contribution in [0.25, 0.3) is 0 Å². The highest BCUT2D eigenvalue weighted by molar-refractivity contribution is 5.25. The summed E-state index contributed by atoms with van der Waals surface area (Å²) in [6, 6.07) is 2.41. The van der Waals surface area contributed by atoms with Gasteiger partial charge in [0.25, 0.3) is 0 Å². The molecule has 3 rings (SSSR count). The third-order valence-electron chi connectivity index (χ3n) is 4.72. The summed E-state index contributed by atoms with van der Waals surface area (Å²) in [6.07, 6.45) is 6.74. The number of hydrogen-bond donors (Lipinski definition) is 1. The summed E-state index contributed by atoms with van der Waals surface area (Å²) in [4.78, 5) is 9.44. The molecule has 4 nitrogen and oxygen atoms in total. The number of aryl methyl sites for hydroxylation is 1. The van der Waals surface area contributed by atoms with Crippen LogP contribution in [-0.4, -0.2) is 54.1 Å². The minimum Gasteiger partial charge on any atom is -0.329 e. The van der Waals surface area contributed by atoms with Gasteiger partial charge in [-0.05, 0) is 42.9 Å². The highest BCUT2D eigenvalue weighted by Crippen LogP contribution is 2.30. The van der Waals surface area contributed by atoms with Gasteiger partial charge in [0.2, 0.25) is 0 Å². The van der Waals surface area contributed by atoms with Gasteiger partial charge in [0.1, 0.15) is 0 Å². The van der Waals surface area contributed by atoms with Crippen LogP contribution in [0.15, 0.2) is 18.5 Å². The molecule has 0 bridgehead atoms. The number of rotatable bonds is 5. The maximum absolute atomic E-state index is 6.05. The predicted molar refractivity (Wildman–Crippen MR) is 81.5 cm³/mol. The van der Waals surface area contributed by atoms with Crippen LogP contribution in [0.4, 0.5) is 0 Å². The second-order valence-corrected chi connectivity index (χ2v) is 6.26. The zero-order valence-corrected chi connectivity index (χ0v) is 12.5. The van der Waals surface area contributed by atoms with E-state index in [0.29, 0.717) is 12.6 Å². The minimum absolute atomic E-state index is 0.326. The van der Waals surface area contributed by atoms with Crippen molar-refractivity contribution in [2.75, 3.05) is 39.3 Å². The molecule has 1 saturated carbocycles. The van der Waals surface area contributed by atoms with Gasteiger partial charge in [-0.25, -0.2) is 0 Å². The smallest absolute Gasteiger partial charge is 0.0489 e. The average molecular weight is 274 g/mol. The van der Waals surface area contributed by atoms with Gasteiger partial charge in [0.15, 0.2) is 0 Å². The Bertz CT molecular complexity index is 436. The van der Waals surface area contributed by atoms with Crippen molar-refractivity contribution in [3.05, 3.63) is 29.6 Å².